The molecule has 6 heteroatoms. The van der Waals surface area contributed by atoms with Crippen LogP contribution in [0.2, 0.25) is 0 Å². The van der Waals surface area contributed by atoms with E-state index < -0.39 is 0 Å². The molecule has 0 spiro atoms. The number of anilines is 2. The minimum Gasteiger partial charge on any atom is -0.494 e. The summed E-state index contributed by atoms with van der Waals surface area (Å²) in [5.41, 5.74) is 7.30. The molecule has 1 heterocycles. The Morgan fingerprint density at radius 3 is 2.81 bits per heavy atom. The second-order valence-electron chi connectivity index (χ2n) is 4.32. The molecule has 21 heavy (non-hydrogen) atoms. The molecule has 2 aromatic rings. The van der Waals surface area contributed by atoms with E-state index in [0.717, 1.165) is 0 Å². The molecule has 0 unspecified atom stereocenters. The van der Waals surface area contributed by atoms with Crippen LogP contribution in [0.25, 0.3) is 0 Å². The first-order valence-electron chi connectivity index (χ1n) is 6.44. The van der Waals surface area contributed by atoms with Crippen molar-refractivity contribution in [1.29, 1.82) is 0 Å². The summed E-state index contributed by atoms with van der Waals surface area (Å²) in [4.78, 5) is 18.1. The Morgan fingerprint density at radius 1 is 1.38 bits per heavy atom. The van der Waals surface area contributed by atoms with E-state index in [1.165, 1.54) is 24.4 Å². The van der Waals surface area contributed by atoms with Crippen molar-refractivity contribution in [2.45, 2.75) is 0 Å². The monoisotopic (exact) mass is 287 g/mol. The molecule has 0 atom stereocenters. The molecular formula is C15H17N3O3. The number of ether oxygens (including phenoxy) is 1. The molecule has 110 valence electrons. The van der Waals surface area contributed by atoms with Crippen molar-refractivity contribution in [3.63, 3.8) is 0 Å². The molecule has 0 aliphatic heterocycles. The number of nitrogen functional groups attached to an aromatic ring is 1. The van der Waals surface area contributed by atoms with Gasteiger partial charge in [-0.2, -0.15) is 0 Å². The minimum absolute atomic E-state index is 0.137. The van der Waals surface area contributed by atoms with Crippen LogP contribution in [0.4, 0.5) is 11.4 Å². The zero-order valence-electron chi connectivity index (χ0n) is 11.7. The van der Waals surface area contributed by atoms with E-state index in [-0.39, 0.29) is 19.1 Å². The number of hydrogen-bond donors (Lipinski definition) is 2. The van der Waals surface area contributed by atoms with Gasteiger partial charge in [-0.15, -0.1) is 0 Å². The Kier molecular flexibility index (Phi) is 4.73. The van der Waals surface area contributed by atoms with Crippen LogP contribution in [0.5, 0.6) is 5.75 Å². The maximum absolute atomic E-state index is 12.7. The highest BCUT2D eigenvalue weighted by Crippen LogP contribution is 2.26. The number of aliphatic hydroxyl groups excluding tert-OH is 1. The number of aliphatic hydroxyl groups is 1. The quantitative estimate of drug-likeness (QED) is 0.809. The molecule has 0 saturated carbocycles. The van der Waals surface area contributed by atoms with Crippen molar-refractivity contribution in [3.8, 4) is 5.75 Å². The van der Waals surface area contributed by atoms with E-state index >= 15 is 0 Å². The zero-order valence-corrected chi connectivity index (χ0v) is 11.7. The van der Waals surface area contributed by atoms with Gasteiger partial charge in [0.05, 0.1) is 36.9 Å². The summed E-state index contributed by atoms with van der Waals surface area (Å²) < 4.78 is 5.16. The molecule has 0 saturated heterocycles. The van der Waals surface area contributed by atoms with Crippen molar-refractivity contribution >= 4 is 17.3 Å². The summed E-state index contributed by atoms with van der Waals surface area (Å²) in [6.07, 6.45) is 2.99. The van der Waals surface area contributed by atoms with Crippen LogP contribution in [0, 0.1) is 0 Å². The van der Waals surface area contributed by atoms with Crippen LogP contribution in [0.1, 0.15) is 10.4 Å². The first-order chi connectivity index (χ1) is 10.2. The van der Waals surface area contributed by atoms with Gasteiger partial charge in [-0.3, -0.25) is 9.78 Å². The van der Waals surface area contributed by atoms with E-state index in [0.29, 0.717) is 22.7 Å². The molecule has 0 radical (unpaired) electrons. The van der Waals surface area contributed by atoms with E-state index in [1.54, 1.807) is 30.3 Å². The summed E-state index contributed by atoms with van der Waals surface area (Å²) in [5, 5.41) is 9.23. The Morgan fingerprint density at radius 2 is 2.14 bits per heavy atom. The zero-order chi connectivity index (χ0) is 15.2. The number of pyridine rings is 1. The first kappa shape index (κ1) is 14.8. The summed E-state index contributed by atoms with van der Waals surface area (Å²) in [7, 11) is 1.47. The lowest BCUT2D eigenvalue weighted by Crippen LogP contribution is -2.34. The van der Waals surface area contributed by atoms with Crippen molar-refractivity contribution in [2.75, 3.05) is 30.9 Å². The SMILES string of the molecule is COc1cnccc1C(=O)N(CCO)c1ccccc1N. The van der Waals surface area contributed by atoms with Crippen molar-refractivity contribution in [1.82, 2.24) is 4.98 Å². The number of methoxy groups -OCH3 is 1. The maximum atomic E-state index is 12.7. The van der Waals surface area contributed by atoms with Gasteiger partial charge in [0.1, 0.15) is 5.75 Å². The average Bonchev–Trinajstić information content (AvgIpc) is 2.53. The molecule has 0 aliphatic carbocycles. The molecule has 0 aliphatic rings. The molecule has 0 bridgehead atoms. The van der Waals surface area contributed by atoms with E-state index in [4.69, 9.17) is 10.5 Å². The second-order valence-corrected chi connectivity index (χ2v) is 4.32. The third-order valence-corrected chi connectivity index (χ3v) is 3.03. The lowest BCUT2D eigenvalue weighted by molar-refractivity contribution is 0.0978. The van der Waals surface area contributed by atoms with Crippen LogP contribution in [0.15, 0.2) is 42.7 Å². The Balaban J connectivity index is 2.43. The largest absolute Gasteiger partial charge is 0.494 e. The maximum Gasteiger partial charge on any atom is 0.262 e. The predicted octanol–water partition coefficient (Wildman–Crippen LogP) is 1.31. The average molecular weight is 287 g/mol. The van der Waals surface area contributed by atoms with Crippen molar-refractivity contribution in [3.05, 3.63) is 48.3 Å². The number of benzene rings is 1. The smallest absolute Gasteiger partial charge is 0.262 e. The third-order valence-electron chi connectivity index (χ3n) is 3.03. The van der Waals surface area contributed by atoms with Gasteiger partial charge in [0.25, 0.3) is 5.91 Å². The van der Waals surface area contributed by atoms with Gasteiger partial charge in [-0.1, -0.05) is 12.1 Å². The number of hydrogen-bond acceptors (Lipinski definition) is 5. The van der Waals surface area contributed by atoms with Crippen LogP contribution >= 0.6 is 0 Å². The topological polar surface area (TPSA) is 88.7 Å². The summed E-state index contributed by atoms with van der Waals surface area (Å²) >= 11 is 0. The number of rotatable bonds is 5. The number of carbonyl (C=O) groups excluding carboxylic acids is 1. The molecule has 0 fully saturated rings. The third kappa shape index (κ3) is 3.11. The fourth-order valence-corrected chi connectivity index (χ4v) is 2.03. The number of para-hydroxylation sites is 2. The first-order valence-corrected chi connectivity index (χ1v) is 6.44. The van der Waals surface area contributed by atoms with Gasteiger partial charge in [0, 0.05) is 12.7 Å². The summed E-state index contributed by atoms with van der Waals surface area (Å²) in [6, 6.07) is 8.58. The van der Waals surface area contributed by atoms with Crippen LogP contribution in [-0.2, 0) is 0 Å². The second kappa shape index (κ2) is 6.71. The van der Waals surface area contributed by atoms with Gasteiger partial charge in [-0.25, -0.2) is 0 Å². The standard InChI is InChI=1S/C15H17N3O3/c1-21-14-10-17-7-6-11(14)15(20)18(8-9-19)13-5-3-2-4-12(13)16/h2-7,10,19H,8-9,16H2,1H3. The molecule has 3 N–H and O–H groups in total. The fraction of sp³-hybridized carbons (Fsp3) is 0.200. The van der Waals surface area contributed by atoms with Crippen LogP contribution in [-0.4, -0.2) is 36.3 Å². The molecule has 1 aromatic heterocycles. The Bertz CT molecular complexity index is 631. The van der Waals surface area contributed by atoms with Crippen LogP contribution < -0.4 is 15.4 Å². The molecule has 1 aromatic carbocycles. The van der Waals surface area contributed by atoms with Crippen molar-refractivity contribution in [2.24, 2.45) is 0 Å². The molecular weight excluding hydrogens is 270 g/mol. The summed E-state index contributed by atoms with van der Waals surface area (Å²) in [6.45, 7) is -0.0357. The Labute approximate surface area is 122 Å². The lowest BCUT2D eigenvalue weighted by Gasteiger charge is -2.24. The van der Waals surface area contributed by atoms with Crippen LogP contribution in [0.3, 0.4) is 0 Å². The van der Waals surface area contributed by atoms with Gasteiger partial charge < -0.3 is 20.5 Å². The number of carbonyl (C=O) groups is 1. The lowest BCUT2D eigenvalue weighted by atomic mass is 10.1. The molecule has 6 nitrogen and oxygen atoms in total. The van der Waals surface area contributed by atoms with Gasteiger partial charge in [0.15, 0.2) is 0 Å². The fourth-order valence-electron chi connectivity index (χ4n) is 2.03. The normalized spacial score (nSPS) is 10.2. The van der Waals surface area contributed by atoms with Gasteiger partial charge in [-0.05, 0) is 18.2 Å². The van der Waals surface area contributed by atoms with E-state index in [1.807, 2.05) is 0 Å². The minimum atomic E-state index is -0.304. The highest BCUT2D eigenvalue weighted by atomic mass is 16.5. The highest BCUT2D eigenvalue weighted by molar-refractivity contribution is 6.09. The highest BCUT2D eigenvalue weighted by Gasteiger charge is 2.22. The summed E-state index contributed by atoms with van der Waals surface area (Å²) in [5.74, 6) is 0.0705. The number of nitrogens with zero attached hydrogens (tertiary/aromatic N) is 2. The number of nitrogens with two attached hydrogens (primary N) is 1. The van der Waals surface area contributed by atoms with Gasteiger partial charge >= 0.3 is 0 Å². The Hall–Kier alpha value is -2.60. The van der Waals surface area contributed by atoms with E-state index in [9.17, 15) is 9.90 Å². The van der Waals surface area contributed by atoms with Gasteiger partial charge in [0.2, 0.25) is 0 Å². The molecule has 1 amide bonds. The predicted molar refractivity (Wildman–Crippen MR) is 80.4 cm³/mol. The number of amides is 1. The molecule has 2 rings (SSSR count). The van der Waals surface area contributed by atoms with E-state index in [2.05, 4.69) is 4.98 Å². The van der Waals surface area contributed by atoms with Crippen molar-refractivity contribution < 1.29 is 14.6 Å². The number of aromatic nitrogens is 1.